The molecule has 0 fully saturated rings. The fourth-order valence-electron chi connectivity index (χ4n) is 2.79. The van der Waals surface area contributed by atoms with Crippen LogP contribution in [-0.4, -0.2) is 29.5 Å². The Bertz CT molecular complexity index is 1130. The number of hydrogen-bond donors (Lipinski definition) is 1. The predicted molar refractivity (Wildman–Crippen MR) is 101 cm³/mol. The monoisotopic (exact) mass is 358 g/mol. The molecule has 0 atom stereocenters. The van der Waals surface area contributed by atoms with Gasteiger partial charge in [0.1, 0.15) is 0 Å². The molecule has 4 aromatic rings. The Balaban J connectivity index is 1.63. The summed E-state index contributed by atoms with van der Waals surface area (Å²) in [7, 11) is 0. The molecule has 1 aromatic carbocycles. The molecular formula is C19H18N8. The van der Waals surface area contributed by atoms with Crippen LogP contribution in [0.5, 0.6) is 0 Å². The smallest absolute Gasteiger partial charge is 0.229 e. The number of hydrogen-bond acceptors (Lipinski definition) is 6. The second kappa shape index (κ2) is 6.88. The average Bonchev–Trinajstić information content (AvgIpc) is 3.30. The van der Waals surface area contributed by atoms with Crippen LogP contribution in [0.2, 0.25) is 0 Å². The summed E-state index contributed by atoms with van der Waals surface area (Å²) in [6, 6.07) is 9.99. The lowest BCUT2D eigenvalue weighted by molar-refractivity contribution is 0.532. The first-order valence-electron chi connectivity index (χ1n) is 8.62. The molecule has 0 aliphatic rings. The second-order valence-corrected chi connectivity index (χ2v) is 6.47. The van der Waals surface area contributed by atoms with Gasteiger partial charge in [0.2, 0.25) is 5.95 Å². The highest BCUT2D eigenvalue weighted by atomic mass is 15.3. The maximum atomic E-state index is 9.29. The minimum Gasteiger partial charge on any atom is -0.321 e. The lowest BCUT2D eigenvalue weighted by Gasteiger charge is -2.06. The molecule has 0 radical (unpaired) electrons. The van der Waals surface area contributed by atoms with Crippen LogP contribution in [0.15, 0.2) is 49.1 Å². The quantitative estimate of drug-likeness (QED) is 0.588. The van der Waals surface area contributed by atoms with E-state index in [9.17, 15) is 5.26 Å². The highest BCUT2D eigenvalue weighted by Gasteiger charge is 2.10. The Morgan fingerprint density at radius 2 is 2.00 bits per heavy atom. The van der Waals surface area contributed by atoms with Gasteiger partial charge in [-0.2, -0.15) is 20.4 Å². The minimum atomic E-state index is 0.283. The number of anilines is 2. The average molecular weight is 358 g/mol. The fraction of sp³-hybridized carbons (Fsp3) is 0.211. The third-order valence-corrected chi connectivity index (χ3v) is 4.22. The van der Waals surface area contributed by atoms with Gasteiger partial charge < -0.3 is 5.32 Å². The second-order valence-electron chi connectivity index (χ2n) is 6.47. The van der Waals surface area contributed by atoms with Crippen LogP contribution in [-0.2, 0) is 6.54 Å². The lowest BCUT2D eigenvalue weighted by atomic mass is 10.1. The zero-order chi connectivity index (χ0) is 18.8. The molecule has 0 saturated carbocycles. The molecule has 0 aliphatic carbocycles. The van der Waals surface area contributed by atoms with Crippen LogP contribution in [0.25, 0.3) is 11.0 Å². The molecule has 0 amide bonds. The van der Waals surface area contributed by atoms with Gasteiger partial charge in [-0.3, -0.25) is 4.68 Å². The van der Waals surface area contributed by atoms with E-state index in [1.54, 1.807) is 29.3 Å². The van der Waals surface area contributed by atoms with Gasteiger partial charge in [-0.15, -0.1) is 0 Å². The highest BCUT2D eigenvalue weighted by molar-refractivity contribution is 5.75. The van der Waals surface area contributed by atoms with E-state index < -0.39 is 0 Å². The van der Waals surface area contributed by atoms with Crippen molar-refractivity contribution in [2.75, 3.05) is 5.32 Å². The first-order valence-corrected chi connectivity index (χ1v) is 8.62. The maximum absolute atomic E-state index is 9.29. The molecule has 0 spiro atoms. The van der Waals surface area contributed by atoms with Crippen LogP contribution < -0.4 is 5.32 Å². The van der Waals surface area contributed by atoms with Gasteiger partial charge in [-0.1, -0.05) is 18.2 Å². The van der Waals surface area contributed by atoms with Crippen molar-refractivity contribution >= 4 is 22.7 Å². The Morgan fingerprint density at radius 1 is 1.15 bits per heavy atom. The lowest BCUT2D eigenvalue weighted by Crippen LogP contribution is -2.05. The number of nitrogens with one attached hydrogen (secondary N) is 1. The summed E-state index contributed by atoms with van der Waals surface area (Å²) in [6.45, 7) is 4.60. The molecule has 134 valence electrons. The molecule has 3 aromatic heterocycles. The molecule has 4 rings (SSSR count). The van der Waals surface area contributed by atoms with E-state index in [-0.39, 0.29) is 6.04 Å². The molecule has 27 heavy (non-hydrogen) atoms. The summed E-state index contributed by atoms with van der Waals surface area (Å²) >= 11 is 0. The number of fused-ring (bicyclic) bond motifs is 1. The first-order chi connectivity index (χ1) is 13.1. The van der Waals surface area contributed by atoms with Crippen LogP contribution in [0.4, 0.5) is 11.6 Å². The Morgan fingerprint density at radius 3 is 2.78 bits per heavy atom. The van der Waals surface area contributed by atoms with Crippen molar-refractivity contribution in [1.29, 1.82) is 5.26 Å². The third-order valence-electron chi connectivity index (χ3n) is 4.22. The number of aromatic nitrogens is 6. The van der Waals surface area contributed by atoms with Gasteiger partial charge >= 0.3 is 0 Å². The molecule has 0 aliphatic heterocycles. The van der Waals surface area contributed by atoms with E-state index in [0.717, 1.165) is 16.6 Å². The minimum absolute atomic E-state index is 0.283. The maximum Gasteiger partial charge on any atom is 0.229 e. The van der Waals surface area contributed by atoms with Gasteiger partial charge in [0, 0.05) is 18.4 Å². The Labute approximate surface area is 156 Å². The van der Waals surface area contributed by atoms with Crippen molar-refractivity contribution in [2.24, 2.45) is 0 Å². The highest BCUT2D eigenvalue weighted by Crippen LogP contribution is 2.18. The van der Waals surface area contributed by atoms with Crippen LogP contribution in [0, 0.1) is 11.3 Å². The zero-order valence-electron chi connectivity index (χ0n) is 15.0. The van der Waals surface area contributed by atoms with Gasteiger partial charge in [0.05, 0.1) is 41.6 Å². The molecular weight excluding hydrogens is 340 g/mol. The van der Waals surface area contributed by atoms with E-state index >= 15 is 0 Å². The van der Waals surface area contributed by atoms with Crippen molar-refractivity contribution in [3.8, 4) is 6.07 Å². The van der Waals surface area contributed by atoms with E-state index in [1.807, 2.05) is 29.1 Å². The van der Waals surface area contributed by atoms with Gasteiger partial charge in [0.15, 0.2) is 5.65 Å². The van der Waals surface area contributed by atoms with E-state index in [4.69, 9.17) is 0 Å². The molecule has 8 nitrogen and oxygen atoms in total. The summed E-state index contributed by atoms with van der Waals surface area (Å²) in [5.41, 5.74) is 3.06. The van der Waals surface area contributed by atoms with E-state index in [1.165, 1.54) is 0 Å². The first kappa shape index (κ1) is 16.7. The van der Waals surface area contributed by atoms with Gasteiger partial charge in [-0.25, -0.2) is 9.67 Å². The van der Waals surface area contributed by atoms with Crippen LogP contribution >= 0.6 is 0 Å². The van der Waals surface area contributed by atoms with E-state index in [0.29, 0.717) is 23.7 Å². The van der Waals surface area contributed by atoms with E-state index in [2.05, 4.69) is 45.4 Å². The molecule has 3 heterocycles. The van der Waals surface area contributed by atoms with Gasteiger partial charge in [0.25, 0.3) is 0 Å². The van der Waals surface area contributed by atoms with Crippen molar-refractivity contribution in [1.82, 2.24) is 29.5 Å². The van der Waals surface area contributed by atoms with Crippen molar-refractivity contribution in [2.45, 2.75) is 26.4 Å². The fourth-order valence-corrected chi connectivity index (χ4v) is 2.79. The molecule has 1 N–H and O–H groups in total. The largest absolute Gasteiger partial charge is 0.321 e. The van der Waals surface area contributed by atoms with Crippen molar-refractivity contribution < 1.29 is 0 Å². The number of nitriles is 1. The topological polar surface area (TPSA) is 97.2 Å². The predicted octanol–water partition coefficient (Wildman–Crippen LogP) is 3.27. The third kappa shape index (κ3) is 3.35. The summed E-state index contributed by atoms with van der Waals surface area (Å²) in [5.74, 6) is 0.473. The van der Waals surface area contributed by atoms with Crippen LogP contribution in [0.1, 0.15) is 31.0 Å². The number of nitrogens with zero attached hydrogens (tertiary/aromatic N) is 7. The van der Waals surface area contributed by atoms with Crippen LogP contribution in [0.3, 0.4) is 0 Å². The summed E-state index contributed by atoms with van der Waals surface area (Å²) in [4.78, 5) is 8.94. The SMILES string of the molecule is CC(C)n1cc(Nc2ncc3cnn(Cc4ccccc4C#N)c3n2)cn1. The molecule has 0 unspecified atom stereocenters. The summed E-state index contributed by atoms with van der Waals surface area (Å²) in [6.07, 6.45) is 7.12. The van der Waals surface area contributed by atoms with Gasteiger partial charge in [-0.05, 0) is 25.5 Å². The molecule has 0 saturated heterocycles. The molecule has 8 heteroatoms. The molecule has 0 bridgehead atoms. The zero-order valence-corrected chi connectivity index (χ0v) is 15.0. The Hall–Kier alpha value is -3.73. The normalized spacial score (nSPS) is 11.0. The number of rotatable bonds is 5. The summed E-state index contributed by atoms with van der Waals surface area (Å²) < 4.78 is 3.64. The van der Waals surface area contributed by atoms with Crippen molar-refractivity contribution in [3.05, 3.63) is 60.2 Å². The summed E-state index contributed by atoms with van der Waals surface area (Å²) in [5, 5.41) is 22.0. The standard InChI is InChI=1S/C19H18N8/c1-13(2)26-12-17(10-23-26)24-19-21-8-16-9-22-27(18(16)25-19)11-15-6-4-3-5-14(15)7-20/h3-6,8-10,12-13H,11H2,1-2H3,(H,21,24,25). The van der Waals surface area contributed by atoms with Crippen molar-refractivity contribution in [3.63, 3.8) is 0 Å². The Kier molecular flexibility index (Phi) is 4.26. The number of benzene rings is 1.